The van der Waals surface area contributed by atoms with E-state index in [-0.39, 0.29) is 13.2 Å². The molecule has 18 heavy (non-hydrogen) atoms. The molecule has 0 radical (unpaired) electrons. The molecular weight excluding hydrogens is 252 g/mol. The van der Waals surface area contributed by atoms with E-state index in [1.165, 1.54) is 0 Å². The van der Waals surface area contributed by atoms with E-state index in [4.69, 9.17) is 16.7 Å². The minimum atomic E-state index is -0.0714. The maximum absolute atomic E-state index is 9.18. The highest BCUT2D eigenvalue weighted by atomic mass is 35.5. The van der Waals surface area contributed by atoms with Crippen LogP contribution in [0.1, 0.15) is 32.3 Å². The van der Waals surface area contributed by atoms with E-state index in [9.17, 15) is 5.11 Å². The van der Waals surface area contributed by atoms with Crippen molar-refractivity contribution in [2.45, 2.75) is 39.3 Å². The summed E-state index contributed by atoms with van der Waals surface area (Å²) in [6, 6.07) is 2.03. The number of hydrogen-bond donors (Lipinski definition) is 2. The van der Waals surface area contributed by atoms with Crippen LogP contribution in [0.4, 0.5) is 5.82 Å². The predicted molar refractivity (Wildman–Crippen MR) is 74.0 cm³/mol. The van der Waals surface area contributed by atoms with Crippen LogP contribution in [-0.2, 0) is 6.61 Å². The molecule has 0 saturated carbocycles. The number of hydrogen-bond acceptors (Lipinski definition) is 4. The molecule has 0 fully saturated rings. The lowest BCUT2D eigenvalue weighted by Crippen LogP contribution is -2.37. The second-order valence-corrected chi connectivity index (χ2v) is 4.60. The molecule has 1 heterocycles. The van der Waals surface area contributed by atoms with Crippen molar-refractivity contribution in [1.29, 1.82) is 0 Å². The minimum Gasteiger partial charge on any atom is -0.395 e. The van der Waals surface area contributed by atoms with Gasteiger partial charge in [0.1, 0.15) is 5.82 Å². The van der Waals surface area contributed by atoms with Gasteiger partial charge in [0.25, 0.3) is 0 Å². The number of aliphatic hydroxyl groups excluding tert-OH is 2. The van der Waals surface area contributed by atoms with Crippen LogP contribution < -0.4 is 4.90 Å². The first-order valence-electron chi connectivity index (χ1n) is 6.30. The van der Waals surface area contributed by atoms with Gasteiger partial charge in [0.2, 0.25) is 0 Å². The quantitative estimate of drug-likeness (QED) is 0.799. The molecule has 0 aliphatic carbocycles. The van der Waals surface area contributed by atoms with Gasteiger partial charge in [0, 0.05) is 18.8 Å². The highest BCUT2D eigenvalue weighted by molar-refractivity contribution is 6.33. The Balaban J connectivity index is 3.04. The van der Waals surface area contributed by atoms with Gasteiger partial charge >= 0.3 is 0 Å². The Hall–Kier alpha value is -0.840. The molecule has 2 N–H and O–H groups in total. The lowest BCUT2D eigenvalue weighted by atomic mass is 10.1. The highest BCUT2D eigenvalue weighted by Crippen LogP contribution is 2.27. The molecule has 0 atom stereocenters. The van der Waals surface area contributed by atoms with Crippen LogP contribution >= 0.6 is 11.6 Å². The maximum Gasteiger partial charge on any atom is 0.147 e. The Morgan fingerprint density at radius 1 is 1.33 bits per heavy atom. The first-order valence-corrected chi connectivity index (χ1v) is 6.68. The number of rotatable bonds is 7. The van der Waals surface area contributed by atoms with E-state index in [1.54, 1.807) is 12.3 Å². The molecule has 5 heteroatoms. The summed E-state index contributed by atoms with van der Waals surface area (Å²) in [5, 5.41) is 18.7. The number of halogens is 1. The van der Waals surface area contributed by atoms with Crippen molar-refractivity contribution in [3.8, 4) is 0 Å². The van der Waals surface area contributed by atoms with E-state index in [0.717, 1.165) is 12.8 Å². The molecular formula is C13H21ClN2O2. The van der Waals surface area contributed by atoms with Crippen molar-refractivity contribution in [3.05, 3.63) is 22.8 Å². The Morgan fingerprint density at radius 3 is 2.44 bits per heavy atom. The molecule has 1 aromatic heterocycles. The first-order chi connectivity index (χ1) is 8.67. The normalized spacial score (nSPS) is 11.0. The van der Waals surface area contributed by atoms with Crippen LogP contribution in [0.15, 0.2) is 12.3 Å². The van der Waals surface area contributed by atoms with Crippen molar-refractivity contribution in [3.63, 3.8) is 0 Å². The first kappa shape index (κ1) is 15.2. The average Bonchev–Trinajstić information content (AvgIpc) is 2.39. The molecule has 0 aromatic carbocycles. The molecule has 102 valence electrons. The van der Waals surface area contributed by atoms with Gasteiger partial charge in [-0.05, 0) is 24.5 Å². The van der Waals surface area contributed by atoms with Crippen molar-refractivity contribution in [2.24, 2.45) is 0 Å². The molecule has 0 unspecified atom stereocenters. The third-order valence-electron chi connectivity index (χ3n) is 3.06. The minimum absolute atomic E-state index is 0.0657. The zero-order valence-electron chi connectivity index (χ0n) is 10.9. The van der Waals surface area contributed by atoms with E-state index in [2.05, 4.69) is 18.8 Å². The summed E-state index contributed by atoms with van der Waals surface area (Å²) >= 11 is 6.20. The number of anilines is 1. The lowest BCUT2D eigenvalue weighted by Gasteiger charge is -2.31. The SMILES string of the molecule is CCC(CC)N(CCO)c1ncc(CO)cc1Cl. The molecule has 0 bridgehead atoms. The van der Waals surface area contributed by atoms with Gasteiger partial charge in [0.15, 0.2) is 0 Å². The maximum atomic E-state index is 9.18. The molecule has 0 spiro atoms. The van der Waals surface area contributed by atoms with Crippen LogP contribution in [-0.4, -0.2) is 34.4 Å². The summed E-state index contributed by atoms with van der Waals surface area (Å²) in [6.07, 6.45) is 3.56. The van der Waals surface area contributed by atoms with Crippen molar-refractivity contribution in [2.75, 3.05) is 18.1 Å². The van der Waals surface area contributed by atoms with Crippen LogP contribution in [0.3, 0.4) is 0 Å². The summed E-state index contributed by atoms with van der Waals surface area (Å²) in [4.78, 5) is 6.34. The van der Waals surface area contributed by atoms with Crippen LogP contribution in [0.5, 0.6) is 0 Å². The van der Waals surface area contributed by atoms with Crippen molar-refractivity contribution in [1.82, 2.24) is 4.98 Å². The molecule has 0 saturated heterocycles. The Morgan fingerprint density at radius 2 is 2.00 bits per heavy atom. The van der Waals surface area contributed by atoms with Gasteiger partial charge in [-0.3, -0.25) is 0 Å². The number of aliphatic hydroxyl groups is 2. The van der Waals surface area contributed by atoms with Gasteiger partial charge in [-0.1, -0.05) is 25.4 Å². The monoisotopic (exact) mass is 272 g/mol. The summed E-state index contributed by atoms with van der Waals surface area (Å²) in [6.45, 7) is 4.72. The summed E-state index contributed by atoms with van der Waals surface area (Å²) in [7, 11) is 0. The van der Waals surface area contributed by atoms with Gasteiger partial charge in [-0.2, -0.15) is 0 Å². The number of aromatic nitrogens is 1. The molecule has 0 aliphatic heterocycles. The average molecular weight is 273 g/mol. The largest absolute Gasteiger partial charge is 0.395 e. The van der Waals surface area contributed by atoms with Gasteiger partial charge < -0.3 is 15.1 Å². The topological polar surface area (TPSA) is 56.6 Å². The van der Waals surface area contributed by atoms with Gasteiger partial charge in [-0.25, -0.2) is 4.98 Å². The second kappa shape index (κ2) is 7.56. The van der Waals surface area contributed by atoms with Crippen LogP contribution in [0.25, 0.3) is 0 Å². The van der Waals surface area contributed by atoms with Crippen molar-refractivity contribution >= 4 is 17.4 Å². The van der Waals surface area contributed by atoms with E-state index in [0.29, 0.717) is 29.0 Å². The molecule has 1 rings (SSSR count). The zero-order chi connectivity index (χ0) is 13.5. The summed E-state index contributed by atoms with van der Waals surface area (Å²) in [5.74, 6) is 0.677. The fourth-order valence-electron chi connectivity index (χ4n) is 2.07. The van der Waals surface area contributed by atoms with Crippen molar-refractivity contribution < 1.29 is 10.2 Å². The van der Waals surface area contributed by atoms with Gasteiger partial charge in [0.05, 0.1) is 18.2 Å². The number of nitrogens with zero attached hydrogens (tertiary/aromatic N) is 2. The predicted octanol–water partition coefficient (Wildman–Crippen LogP) is 2.21. The number of pyridine rings is 1. The Kier molecular flexibility index (Phi) is 6.39. The Bertz CT molecular complexity index is 370. The third-order valence-corrected chi connectivity index (χ3v) is 3.34. The standard InChI is InChI=1S/C13H21ClN2O2/c1-3-11(4-2)16(5-6-17)13-12(14)7-10(9-18)8-15-13/h7-8,11,17-18H,3-6,9H2,1-2H3. The molecule has 0 aliphatic rings. The third kappa shape index (κ3) is 3.57. The smallest absolute Gasteiger partial charge is 0.147 e. The summed E-state index contributed by atoms with van der Waals surface area (Å²) < 4.78 is 0. The van der Waals surface area contributed by atoms with E-state index < -0.39 is 0 Å². The van der Waals surface area contributed by atoms with E-state index in [1.807, 2.05) is 4.90 Å². The lowest BCUT2D eigenvalue weighted by molar-refractivity contribution is 0.281. The van der Waals surface area contributed by atoms with Crippen LogP contribution in [0, 0.1) is 0 Å². The summed E-state index contributed by atoms with van der Waals surface area (Å²) in [5.41, 5.74) is 0.692. The fraction of sp³-hybridized carbons (Fsp3) is 0.615. The van der Waals surface area contributed by atoms with E-state index >= 15 is 0 Å². The molecule has 1 aromatic rings. The van der Waals surface area contributed by atoms with Gasteiger partial charge in [-0.15, -0.1) is 0 Å². The van der Waals surface area contributed by atoms with Crippen LogP contribution in [0.2, 0.25) is 5.02 Å². The highest BCUT2D eigenvalue weighted by Gasteiger charge is 2.19. The Labute approximate surface area is 113 Å². The molecule has 4 nitrogen and oxygen atoms in total. The second-order valence-electron chi connectivity index (χ2n) is 4.19. The molecule has 0 amide bonds. The fourth-order valence-corrected chi connectivity index (χ4v) is 2.36. The zero-order valence-corrected chi connectivity index (χ0v) is 11.7.